The van der Waals surface area contributed by atoms with E-state index in [4.69, 9.17) is 10.5 Å². The smallest absolute Gasteiger partial charge is 0.410 e. The fourth-order valence-electron chi connectivity index (χ4n) is 2.77. The molecule has 1 heterocycles. The van der Waals surface area contributed by atoms with Crippen LogP contribution in [0.4, 0.5) is 4.79 Å². The number of hydrogen-bond acceptors (Lipinski definition) is 4. The molecular weight excluding hydrogens is 280 g/mol. The summed E-state index contributed by atoms with van der Waals surface area (Å²) in [6, 6.07) is 6.98. The highest BCUT2D eigenvalue weighted by atomic mass is 16.6. The van der Waals surface area contributed by atoms with Gasteiger partial charge in [-0.2, -0.15) is 0 Å². The second-order valence-electron chi connectivity index (χ2n) is 6.93. The number of amides is 1. The zero-order chi connectivity index (χ0) is 16.3. The molecule has 1 amide bonds. The van der Waals surface area contributed by atoms with Crippen molar-refractivity contribution < 1.29 is 14.6 Å². The fourth-order valence-corrected chi connectivity index (χ4v) is 2.77. The quantitative estimate of drug-likeness (QED) is 0.880. The van der Waals surface area contributed by atoms with Crippen molar-refractivity contribution in [3.05, 3.63) is 29.8 Å². The van der Waals surface area contributed by atoms with Gasteiger partial charge in [-0.25, -0.2) is 4.79 Å². The Kier molecular flexibility index (Phi) is 4.96. The Morgan fingerprint density at radius 2 is 2.00 bits per heavy atom. The minimum atomic E-state index is -0.466. The summed E-state index contributed by atoms with van der Waals surface area (Å²) in [6.07, 6.45) is 1.43. The molecule has 22 heavy (non-hydrogen) atoms. The van der Waals surface area contributed by atoms with Crippen LogP contribution in [0.1, 0.15) is 45.2 Å². The van der Waals surface area contributed by atoms with Crippen molar-refractivity contribution in [2.45, 2.75) is 45.3 Å². The SMILES string of the molecule is CC(C)(C)OC(=O)N1CCC(C(N)c2cccc(O)c2)CC1. The third kappa shape index (κ3) is 4.37. The van der Waals surface area contributed by atoms with Crippen LogP contribution in [0.2, 0.25) is 0 Å². The number of benzene rings is 1. The molecule has 1 aliphatic rings. The number of nitrogens with two attached hydrogens (primary N) is 1. The maximum atomic E-state index is 12.0. The third-order valence-corrected chi connectivity index (χ3v) is 3.95. The lowest BCUT2D eigenvalue weighted by molar-refractivity contribution is 0.0174. The Labute approximate surface area is 132 Å². The lowest BCUT2D eigenvalue weighted by atomic mass is 9.86. The first-order chi connectivity index (χ1) is 10.3. The number of nitrogens with zero attached hydrogens (tertiary/aromatic N) is 1. The maximum Gasteiger partial charge on any atom is 0.410 e. The van der Waals surface area contributed by atoms with Gasteiger partial charge in [-0.1, -0.05) is 12.1 Å². The topological polar surface area (TPSA) is 75.8 Å². The monoisotopic (exact) mass is 306 g/mol. The number of likely N-dealkylation sites (tertiary alicyclic amines) is 1. The second-order valence-corrected chi connectivity index (χ2v) is 6.93. The molecule has 1 saturated heterocycles. The number of carbonyl (C=O) groups excluding carboxylic acids is 1. The summed E-state index contributed by atoms with van der Waals surface area (Å²) < 4.78 is 5.40. The molecule has 0 aromatic heterocycles. The molecule has 3 N–H and O–H groups in total. The van der Waals surface area contributed by atoms with Crippen molar-refractivity contribution in [2.24, 2.45) is 11.7 Å². The van der Waals surface area contributed by atoms with Crippen LogP contribution < -0.4 is 5.73 Å². The number of phenols is 1. The Balaban J connectivity index is 1.90. The average Bonchev–Trinajstić information content (AvgIpc) is 2.45. The van der Waals surface area contributed by atoms with Gasteiger partial charge in [0.05, 0.1) is 0 Å². The molecule has 1 atom stereocenters. The van der Waals surface area contributed by atoms with E-state index < -0.39 is 5.60 Å². The van der Waals surface area contributed by atoms with E-state index >= 15 is 0 Å². The highest BCUT2D eigenvalue weighted by Crippen LogP contribution is 2.30. The molecule has 1 aromatic rings. The first-order valence-electron chi connectivity index (χ1n) is 7.79. The van der Waals surface area contributed by atoms with Gasteiger partial charge >= 0.3 is 6.09 Å². The van der Waals surface area contributed by atoms with Gasteiger partial charge in [-0.05, 0) is 57.2 Å². The summed E-state index contributed by atoms with van der Waals surface area (Å²) in [5.41, 5.74) is 6.79. The zero-order valence-electron chi connectivity index (χ0n) is 13.6. The van der Waals surface area contributed by atoms with Crippen molar-refractivity contribution in [3.8, 4) is 5.75 Å². The highest BCUT2D eigenvalue weighted by molar-refractivity contribution is 5.68. The van der Waals surface area contributed by atoms with Crippen LogP contribution in [0.25, 0.3) is 0 Å². The van der Waals surface area contributed by atoms with E-state index in [0.717, 1.165) is 18.4 Å². The molecule has 0 radical (unpaired) electrons. The predicted molar refractivity (Wildman–Crippen MR) is 85.6 cm³/mol. The number of aromatic hydroxyl groups is 1. The van der Waals surface area contributed by atoms with E-state index in [1.807, 2.05) is 26.8 Å². The Bertz CT molecular complexity index is 517. The van der Waals surface area contributed by atoms with Crippen LogP contribution in [0.15, 0.2) is 24.3 Å². The first kappa shape index (κ1) is 16.6. The first-order valence-corrected chi connectivity index (χ1v) is 7.79. The van der Waals surface area contributed by atoms with E-state index in [-0.39, 0.29) is 17.9 Å². The van der Waals surface area contributed by atoms with Gasteiger partial charge in [-0.15, -0.1) is 0 Å². The molecule has 0 spiro atoms. The average molecular weight is 306 g/mol. The predicted octanol–water partition coefficient (Wildman–Crippen LogP) is 3.04. The van der Waals surface area contributed by atoms with Crippen LogP contribution in [0.5, 0.6) is 5.75 Å². The van der Waals surface area contributed by atoms with Crippen LogP contribution in [0.3, 0.4) is 0 Å². The Morgan fingerprint density at radius 1 is 1.36 bits per heavy atom. The number of carbonyl (C=O) groups is 1. The molecule has 122 valence electrons. The molecule has 0 saturated carbocycles. The number of rotatable bonds is 2. The largest absolute Gasteiger partial charge is 0.508 e. The third-order valence-electron chi connectivity index (χ3n) is 3.95. The van der Waals surface area contributed by atoms with E-state index in [1.54, 1.807) is 23.1 Å². The molecule has 1 aliphatic heterocycles. The van der Waals surface area contributed by atoms with Gasteiger partial charge in [0.25, 0.3) is 0 Å². The number of phenolic OH excluding ortho intramolecular Hbond substituents is 1. The van der Waals surface area contributed by atoms with Crippen molar-refractivity contribution in [1.29, 1.82) is 0 Å². The minimum absolute atomic E-state index is 0.118. The summed E-state index contributed by atoms with van der Waals surface area (Å²) in [5, 5.41) is 9.56. The van der Waals surface area contributed by atoms with Crippen molar-refractivity contribution in [2.75, 3.05) is 13.1 Å². The normalized spacial score (nSPS) is 18.1. The molecule has 1 fully saturated rings. The summed E-state index contributed by atoms with van der Waals surface area (Å²) in [4.78, 5) is 13.8. The molecular formula is C17H26N2O3. The molecule has 1 aromatic carbocycles. The van der Waals surface area contributed by atoms with Gasteiger partial charge in [0.2, 0.25) is 0 Å². The molecule has 1 unspecified atom stereocenters. The molecule has 2 rings (SSSR count). The summed E-state index contributed by atoms with van der Waals surface area (Å²) in [5.74, 6) is 0.541. The number of hydrogen-bond donors (Lipinski definition) is 2. The van der Waals surface area contributed by atoms with Crippen molar-refractivity contribution in [3.63, 3.8) is 0 Å². The van der Waals surface area contributed by atoms with Gasteiger partial charge in [0, 0.05) is 19.1 Å². The summed E-state index contributed by atoms with van der Waals surface area (Å²) in [7, 11) is 0. The van der Waals surface area contributed by atoms with Crippen LogP contribution >= 0.6 is 0 Å². The van der Waals surface area contributed by atoms with E-state index in [2.05, 4.69) is 0 Å². The van der Waals surface area contributed by atoms with E-state index in [9.17, 15) is 9.90 Å². The number of piperidine rings is 1. The molecule has 5 heteroatoms. The minimum Gasteiger partial charge on any atom is -0.508 e. The van der Waals surface area contributed by atoms with E-state index in [1.165, 1.54) is 0 Å². The van der Waals surface area contributed by atoms with Crippen molar-refractivity contribution in [1.82, 2.24) is 4.90 Å². The lowest BCUT2D eigenvalue weighted by Gasteiger charge is -2.35. The molecule has 5 nitrogen and oxygen atoms in total. The summed E-state index contributed by atoms with van der Waals surface area (Å²) >= 11 is 0. The van der Waals surface area contributed by atoms with Gasteiger partial charge < -0.3 is 20.5 Å². The fraction of sp³-hybridized carbons (Fsp3) is 0.588. The molecule has 0 bridgehead atoms. The standard InChI is InChI=1S/C17H26N2O3/c1-17(2,3)22-16(21)19-9-7-12(8-10-19)15(18)13-5-4-6-14(20)11-13/h4-6,11-12,15,20H,7-10,18H2,1-3H3. The van der Waals surface area contributed by atoms with Crippen molar-refractivity contribution >= 4 is 6.09 Å². The summed E-state index contributed by atoms with van der Waals surface area (Å²) in [6.45, 7) is 6.93. The Hall–Kier alpha value is -1.75. The van der Waals surface area contributed by atoms with Crippen LogP contribution in [-0.2, 0) is 4.74 Å². The van der Waals surface area contributed by atoms with E-state index in [0.29, 0.717) is 19.0 Å². The van der Waals surface area contributed by atoms with Gasteiger partial charge in [0.15, 0.2) is 0 Å². The highest BCUT2D eigenvalue weighted by Gasteiger charge is 2.29. The lowest BCUT2D eigenvalue weighted by Crippen LogP contribution is -2.43. The molecule has 0 aliphatic carbocycles. The van der Waals surface area contributed by atoms with Crippen LogP contribution in [-0.4, -0.2) is 34.8 Å². The van der Waals surface area contributed by atoms with Gasteiger partial charge in [0.1, 0.15) is 11.4 Å². The zero-order valence-corrected chi connectivity index (χ0v) is 13.6. The second kappa shape index (κ2) is 6.57. The van der Waals surface area contributed by atoms with Crippen LogP contribution in [0, 0.1) is 5.92 Å². The van der Waals surface area contributed by atoms with Gasteiger partial charge in [-0.3, -0.25) is 0 Å². The Morgan fingerprint density at radius 3 is 2.55 bits per heavy atom. The maximum absolute atomic E-state index is 12.0. The number of ether oxygens (including phenoxy) is 1.